The number of nitrogens with one attached hydrogen (secondary N) is 2. The first-order valence-electron chi connectivity index (χ1n) is 8.67. The number of carbonyl (C=O) groups excluding carboxylic acids is 2. The molecular weight excluding hydrogens is 410 g/mol. The lowest BCUT2D eigenvalue weighted by molar-refractivity contribution is -0.120. The number of rotatable bonds is 9. The predicted molar refractivity (Wildman–Crippen MR) is 109 cm³/mol. The van der Waals surface area contributed by atoms with Crippen molar-refractivity contribution in [2.45, 2.75) is 19.8 Å². The number of hydrazone groups is 1. The van der Waals surface area contributed by atoms with Gasteiger partial charge < -0.3 is 10.1 Å². The zero-order valence-corrected chi connectivity index (χ0v) is 16.7. The molecule has 2 aromatic rings. The minimum atomic E-state index is -0.408. The maximum atomic E-state index is 12.1. The van der Waals surface area contributed by atoms with Gasteiger partial charge in [-0.2, -0.15) is 5.10 Å². The van der Waals surface area contributed by atoms with E-state index in [1.165, 1.54) is 6.21 Å². The van der Waals surface area contributed by atoms with Crippen LogP contribution in [0.5, 0.6) is 5.75 Å². The molecule has 0 bridgehead atoms. The lowest BCUT2D eigenvalue weighted by Gasteiger charge is -2.07. The predicted octanol–water partition coefficient (Wildman–Crippen LogP) is 3.51. The van der Waals surface area contributed by atoms with Crippen molar-refractivity contribution in [3.05, 3.63) is 64.1 Å². The van der Waals surface area contributed by atoms with Crippen molar-refractivity contribution in [3.63, 3.8) is 0 Å². The minimum absolute atomic E-state index is 0.163. The highest BCUT2D eigenvalue weighted by Gasteiger charge is 2.07. The van der Waals surface area contributed by atoms with Gasteiger partial charge in [0.2, 0.25) is 0 Å². The van der Waals surface area contributed by atoms with Crippen LogP contribution in [-0.2, 0) is 4.79 Å². The van der Waals surface area contributed by atoms with Gasteiger partial charge in [-0.3, -0.25) is 9.59 Å². The molecule has 6 nitrogen and oxygen atoms in total. The van der Waals surface area contributed by atoms with Crippen LogP contribution in [0.4, 0.5) is 0 Å². The number of hydrogen-bond acceptors (Lipinski definition) is 4. The van der Waals surface area contributed by atoms with Crippen molar-refractivity contribution in [1.29, 1.82) is 0 Å². The summed E-state index contributed by atoms with van der Waals surface area (Å²) in [5, 5.41) is 6.42. The van der Waals surface area contributed by atoms with E-state index in [1.807, 2.05) is 24.3 Å². The average Bonchev–Trinajstić information content (AvgIpc) is 2.67. The van der Waals surface area contributed by atoms with Gasteiger partial charge in [-0.1, -0.05) is 41.4 Å². The molecule has 2 amide bonds. The summed E-state index contributed by atoms with van der Waals surface area (Å²) < 4.78 is 6.48. The number of carbonyl (C=O) groups is 2. The Bertz CT molecular complexity index is 791. The van der Waals surface area contributed by atoms with E-state index in [-0.39, 0.29) is 12.5 Å². The molecule has 0 spiro atoms. The van der Waals surface area contributed by atoms with Gasteiger partial charge in [0.25, 0.3) is 11.8 Å². The van der Waals surface area contributed by atoms with Gasteiger partial charge in [-0.05, 0) is 48.4 Å². The topological polar surface area (TPSA) is 79.8 Å². The summed E-state index contributed by atoms with van der Waals surface area (Å²) in [6.45, 7) is 2.59. The molecule has 142 valence electrons. The summed E-state index contributed by atoms with van der Waals surface area (Å²) in [5.41, 5.74) is 3.68. The van der Waals surface area contributed by atoms with Crippen molar-refractivity contribution >= 4 is 34.0 Å². The molecule has 7 heteroatoms. The first kappa shape index (κ1) is 20.6. The van der Waals surface area contributed by atoms with E-state index in [4.69, 9.17) is 4.74 Å². The second-order valence-electron chi connectivity index (χ2n) is 5.76. The monoisotopic (exact) mass is 431 g/mol. The van der Waals surface area contributed by atoms with Crippen LogP contribution in [0.15, 0.2) is 58.1 Å². The van der Waals surface area contributed by atoms with E-state index >= 15 is 0 Å². The quantitative estimate of drug-likeness (QED) is 0.362. The molecule has 0 radical (unpaired) electrons. The molecule has 0 aromatic heterocycles. The SMILES string of the molecule is CCCCOc1ccc(C(=O)NCC(=O)N/N=C/c2cccc(Br)c2)cc1. The van der Waals surface area contributed by atoms with Gasteiger partial charge >= 0.3 is 0 Å². The van der Waals surface area contributed by atoms with Crippen LogP contribution in [0.3, 0.4) is 0 Å². The summed E-state index contributed by atoms with van der Waals surface area (Å²) in [6.07, 6.45) is 3.58. The normalized spacial score (nSPS) is 10.6. The number of hydrogen-bond donors (Lipinski definition) is 2. The van der Waals surface area contributed by atoms with Crippen molar-refractivity contribution < 1.29 is 14.3 Å². The second kappa shape index (κ2) is 11.1. The van der Waals surface area contributed by atoms with E-state index in [9.17, 15) is 9.59 Å². The summed E-state index contributed by atoms with van der Waals surface area (Å²) in [7, 11) is 0. The van der Waals surface area contributed by atoms with E-state index < -0.39 is 5.91 Å². The maximum Gasteiger partial charge on any atom is 0.259 e. The Kier molecular flexibility index (Phi) is 8.51. The molecule has 2 N–H and O–H groups in total. The lowest BCUT2D eigenvalue weighted by atomic mass is 10.2. The number of benzene rings is 2. The fraction of sp³-hybridized carbons (Fsp3) is 0.250. The number of amides is 2. The Balaban J connectivity index is 1.75. The van der Waals surface area contributed by atoms with Gasteiger partial charge in [-0.15, -0.1) is 0 Å². The molecule has 2 aromatic carbocycles. The fourth-order valence-corrected chi connectivity index (χ4v) is 2.52. The van der Waals surface area contributed by atoms with Gasteiger partial charge in [-0.25, -0.2) is 5.43 Å². The van der Waals surface area contributed by atoms with E-state index in [1.54, 1.807) is 24.3 Å². The summed E-state index contributed by atoms with van der Waals surface area (Å²) in [6, 6.07) is 14.3. The smallest absolute Gasteiger partial charge is 0.259 e. The van der Waals surface area contributed by atoms with Crippen LogP contribution in [0, 0.1) is 0 Å². The second-order valence-corrected chi connectivity index (χ2v) is 6.67. The average molecular weight is 432 g/mol. The van der Waals surface area contributed by atoms with Crippen LogP contribution in [-0.4, -0.2) is 31.2 Å². The Labute approximate surface area is 167 Å². The van der Waals surface area contributed by atoms with Crippen LogP contribution < -0.4 is 15.5 Å². The molecule has 2 rings (SSSR count). The first-order valence-corrected chi connectivity index (χ1v) is 9.46. The Morgan fingerprint density at radius 3 is 2.67 bits per heavy atom. The molecule has 0 aliphatic carbocycles. The Morgan fingerprint density at radius 2 is 1.96 bits per heavy atom. The van der Waals surface area contributed by atoms with Gasteiger partial charge in [0.15, 0.2) is 0 Å². The van der Waals surface area contributed by atoms with Crippen molar-refractivity contribution in [2.75, 3.05) is 13.2 Å². The highest BCUT2D eigenvalue weighted by Crippen LogP contribution is 2.12. The standard InChI is InChI=1S/C20H22BrN3O3/c1-2-3-11-27-18-9-7-16(8-10-18)20(26)22-14-19(25)24-23-13-15-5-4-6-17(21)12-15/h4-10,12-13H,2-3,11,14H2,1H3,(H,22,26)(H,24,25)/b23-13+. The Hall–Kier alpha value is -2.67. The maximum absolute atomic E-state index is 12.1. The third kappa shape index (κ3) is 7.62. The summed E-state index contributed by atoms with van der Waals surface area (Å²) in [5.74, 6) is -0.0185. The summed E-state index contributed by atoms with van der Waals surface area (Å²) >= 11 is 3.36. The zero-order valence-electron chi connectivity index (χ0n) is 15.1. The number of ether oxygens (including phenoxy) is 1. The molecule has 0 saturated heterocycles. The molecular formula is C20H22BrN3O3. The van der Waals surface area contributed by atoms with Crippen molar-refractivity contribution in [3.8, 4) is 5.75 Å². The molecule has 27 heavy (non-hydrogen) atoms. The fourth-order valence-electron chi connectivity index (χ4n) is 2.10. The van der Waals surface area contributed by atoms with Gasteiger partial charge in [0.05, 0.1) is 19.4 Å². The van der Waals surface area contributed by atoms with Crippen molar-refractivity contribution in [2.24, 2.45) is 5.10 Å². The van der Waals surface area contributed by atoms with Crippen LogP contribution >= 0.6 is 15.9 Å². The van der Waals surface area contributed by atoms with E-state index in [0.717, 1.165) is 28.6 Å². The highest BCUT2D eigenvalue weighted by atomic mass is 79.9. The third-order valence-electron chi connectivity index (χ3n) is 3.54. The zero-order chi connectivity index (χ0) is 19.5. The number of nitrogens with zero attached hydrogens (tertiary/aromatic N) is 1. The van der Waals surface area contributed by atoms with E-state index in [0.29, 0.717) is 12.2 Å². The third-order valence-corrected chi connectivity index (χ3v) is 4.04. The molecule has 0 aliphatic rings. The molecule has 0 saturated carbocycles. The first-order chi connectivity index (χ1) is 13.1. The molecule has 0 atom stereocenters. The Morgan fingerprint density at radius 1 is 1.19 bits per heavy atom. The van der Waals surface area contributed by atoms with Gasteiger partial charge in [0.1, 0.15) is 5.75 Å². The highest BCUT2D eigenvalue weighted by molar-refractivity contribution is 9.10. The molecule has 0 heterocycles. The van der Waals surface area contributed by atoms with E-state index in [2.05, 4.69) is 38.7 Å². The molecule has 0 aliphatic heterocycles. The minimum Gasteiger partial charge on any atom is -0.494 e. The largest absolute Gasteiger partial charge is 0.494 e. The van der Waals surface area contributed by atoms with Crippen LogP contribution in [0.2, 0.25) is 0 Å². The van der Waals surface area contributed by atoms with Crippen LogP contribution in [0.1, 0.15) is 35.7 Å². The summed E-state index contributed by atoms with van der Waals surface area (Å²) in [4.78, 5) is 23.8. The molecule has 0 fully saturated rings. The lowest BCUT2D eigenvalue weighted by Crippen LogP contribution is -2.34. The van der Waals surface area contributed by atoms with Crippen LogP contribution in [0.25, 0.3) is 0 Å². The van der Waals surface area contributed by atoms with Gasteiger partial charge in [0, 0.05) is 10.0 Å². The van der Waals surface area contributed by atoms with Crippen molar-refractivity contribution in [1.82, 2.24) is 10.7 Å². The molecule has 0 unspecified atom stereocenters. The number of halogens is 1. The number of unbranched alkanes of at least 4 members (excludes halogenated alkanes) is 1.